The number of nitrogens with zero attached hydrogens (tertiary/aromatic N) is 4. The highest BCUT2D eigenvalue weighted by Gasteiger charge is 2.31. The zero-order valence-electron chi connectivity index (χ0n) is 12.5. The van der Waals surface area contributed by atoms with Gasteiger partial charge in [0.05, 0.1) is 19.9 Å². The van der Waals surface area contributed by atoms with Crippen LogP contribution >= 0.6 is 0 Å². The van der Waals surface area contributed by atoms with Crippen molar-refractivity contribution in [2.24, 2.45) is 0 Å². The SMILES string of the molecule is CCc1cnc(-c2c(OC)ncnc2C2CC2)nc1OC. The first-order valence-corrected chi connectivity index (χ1v) is 7.07. The zero-order valence-corrected chi connectivity index (χ0v) is 12.5. The largest absolute Gasteiger partial charge is 0.481 e. The molecule has 2 aromatic heterocycles. The Balaban J connectivity index is 2.15. The van der Waals surface area contributed by atoms with Gasteiger partial charge in [0.15, 0.2) is 5.82 Å². The van der Waals surface area contributed by atoms with Crippen LogP contribution < -0.4 is 9.47 Å². The van der Waals surface area contributed by atoms with Gasteiger partial charge in [-0.3, -0.25) is 0 Å². The van der Waals surface area contributed by atoms with Crippen LogP contribution in [0.3, 0.4) is 0 Å². The molecule has 0 saturated heterocycles. The number of ether oxygens (including phenoxy) is 2. The minimum Gasteiger partial charge on any atom is -0.481 e. The number of aryl methyl sites for hydroxylation is 1. The molecule has 1 aliphatic rings. The average Bonchev–Trinajstić information content (AvgIpc) is 3.38. The molecule has 2 heterocycles. The predicted molar refractivity (Wildman–Crippen MR) is 77.5 cm³/mol. The van der Waals surface area contributed by atoms with Crippen molar-refractivity contribution >= 4 is 0 Å². The third kappa shape index (κ3) is 2.53. The Morgan fingerprint density at radius 2 is 1.86 bits per heavy atom. The van der Waals surface area contributed by atoms with Crippen LogP contribution in [0, 0.1) is 0 Å². The molecule has 21 heavy (non-hydrogen) atoms. The van der Waals surface area contributed by atoms with E-state index >= 15 is 0 Å². The molecular weight excluding hydrogens is 268 g/mol. The van der Waals surface area contributed by atoms with Crippen molar-refractivity contribution in [3.05, 3.63) is 23.8 Å². The van der Waals surface area contributed by atoms with Crippen molar-refractivity contribution in [2.75, 3.05) is 14.2 Å². The highest BCUT2D eigenvalue weighted by Crippen LogP contribution is 2.44. The Hall–Kier alpha value is -2.24. The molecule has 6 heteroatoms. The van der Waals surface area contributed by atoms with E-state index in [-0.39, 0.29) is 0 Å². The molecule has 0 N–H and O–H groups in total. The van der Waals surface area contributed by atoms with E-state index in [0.29, 0.717) is 23.5 Å². The Kier molecular flexibility index (Phi) is 3.68. The van der Waals surface area contributed by atoms with Gasteiger partial charge in [-0.15, -0.1) is 0 Å². The molecule has 0 spiro atoms. The van der Waals surface area contributed by atoms with E-state index in [1.165, 1.54) is 6.33 Å². The third-order valence-corrected chi connectivity index (χ3v) is 3.62. The molecular formula is C15H18N4O2. The molecule has 0 amide bonds. The highest BCUT2D eigenvalue weighted by molar-refractivity contribution is 5.66. The molecule has 3 rings (SSSR count). The van der Waals surface area contributed by atoms with Crippen molar-refractivity contribution in [2.45, 2.75) is 32.1 Å². The smallest absolute Gasteiger partial charge is 0.227 e. The Morgan fingerprint density at radius 3 is 2.48 bits per heavy atom. The summed E-state index contributed by atoms with van der Waals surface area (Å²) in [5.74, 6) is 2.12. The van der Waals surface area contributed by atoms with E-state index in [1.54, 1.807) is 20.4 Å². The number of rotatable bonds is 5. The minimum atomic E-state index is 0.456. The maximum absolute atomic E-state index is 5.38. The fraction of sp³-hybridized carbons (Fsp3) is 0.467. The lowest BCUT2D eigenvalue weighted by Crippen LogP contribution is -2.04. The van der Waals surface area contributed by atoms with E-state index in [4.69, 9.17) is 9.47 Å². The van der Waals surface area contributed by atoms with Crippen molar-refractivity contribution in [1.29, 1.82) is 0 Å². The first-order valence-electron chi connectivity index (χ1n) is 7.07. The Labute approximate surface area is 123 Å². The van der Waals surface area contributed by atoms with E-state index in [9.17, 15) is 0 Å². The molecule has 0 aliphatic heterocycles. The summed E-state index contributed by atoms with van der Waals surface area (Å²) >= 11 is 0. The second-order valence-electron chi connectivity index (χ2n) is 5.00. The molecule has 0 bridgehead atoms. The van der Waals surface area contributed by atoms with Crippen LogP contribution in [-0.2, 0) is 6.42 Å². The van der Waals surface area contributed by atoms with Gasteiger partial charge in [-0.05, 0) is 19.3 Å². The first-order chi connectivity index (χ1) is 10.3. The summed E-state index contributed by atoms with van der Waals surface area (Å²) in [6, 6.07) is 0. The molecule has 0 unspecified atom stereocenters. The van der Waals surface area contributed by atoms with E-state index < -0.39 is 0 Å². The van der Waals surface area contributed by atoms with Crippen LogP contribution in [0.25, 0.3) is 11.4 Å². The van der Waals surface area contributed by atoms with E-state index in [2.05, 4.69) is 19.9 Å². The number of methoxy groups -OCH3 is 2. The standard InChI is InChI=1S/C15H18N4O2/c1-4-9-7-16-13(19-14(9)20-2)11-12(10-5-6-10)17-8-18-15(11)21-3/h7-8,10H,4-6H2,1-3H3. The fourth-order valence-corrected chi connectivity index (χ4v) is 2.34. The Bertz CT molecular complexity index is 656. The first kappa shape index (κ1) is 13.7. The lowest BCUT2D eigenvalue weighted by atomic mass is 10.1. The van der Waals surface area contributed by atoms with Crippen molar-refractivity contribution < 1.29 is 9.47 Å². The number of aromatic nitrogens is 4. The Morgan fingerprint density at radius 1 is 1.10 bits per heavy atom. The lowest BCUT2D eigenvalue weighted by molar-refractivity contribution is 0.390. The van der Waals surface area contributed by atoms with Gasteiger partial charge in [-0.25, -0.2) is 15.0 Å². The summed E-state index contributed by atoms with van der Waals surface area (Å²) in [6.07, 6.45) is 6.42. The molecule has 0 atom stereocenters. The molecule has 1 aliphatic carbocycles. The van der Waals surface area contributed by atoms with Crippen LogP contribution in [0.15, 0.2) is 12.5 Å². The van der Waals surface area contributed by atoms with Gasteiger partial charge in [0.1, 0.15) is 11.9 Å². The van der Waals surface area contributed by atoms with Crippen LogP contribution in [0.5, 0.6) is 11.8 Å². The predicted octanol–water partition coefficient (Wildman–Crippen LogP) is 2.39. The lowest BCUT2D eigenvalue weighted by Gasteiger charge is -2.12. The maximum atomic E-state index is 5.38. The van der Waals surface area contributed by atoms with Gasteiger partial charge in [-0.1, -0.05) is 6.92 Å². The topological polar surface area (TPSA) is 70.0 Å². The van der Waals surface area contributed by atoms with Crippen molar-refractivity contribution in [3.8, 4) is 23.1 Å². The van der Waals surface area contributed by atoms with E-state index in [1.807, 2.05) is 6.92 Å². The van der Waals surface area contributed by atoms with Crippen LogP contribution in [-0.4, -0.2) is 34.2 Å². The molecule has 6 nitrogen and oxygen atoms in total. The summed E-state index contributed by atoms with van der Waals surface area (Å²) in [5, 5.41) is 0. The molecule has 2 aromatic rings. The second-order valence-corrected chi connectivity index (χ2v) is 5.00. The van der Waals surface area contributed by atoms with Crippen molar-refractivity contribution in [1.82, 2.24) is 19.9 Å². The van der Waals surface area contributed by atoms with Gasteiger partial charge in [-0.2, -0.15) is 4.98 Å². The normalized spacial score (nSPS) is 14.0. The summed E-state index contributed by atoms with van der Waals surface area (Å²) in [6.45, 7) is 2.04. The highest BCUT2D eigenvalue weighted by atomic mass is 16.5. The van der Waals surface area contributed by atoms with Crippen molar-refractivity contribution in [3.63, 3.8) is 0 Å². The maximum Gasteiger partial charge on any atom is 0.227 e. The average molecular weight is 286 g/mol. The fourth-order valence-electron chi connectivity index (χ4n) is 2.34. The van der Waals surface area contributed by atoms with Gasteiger partial charge in [0.2, 0.25) is 11.8 Å². The van der Waals surface area contributed by atoms with E-state index in [0.717, 1.165) is 36.1 Å². The number of hydrogen-bond donors (Lipinski definition) is 0. The summed E-state index contributed by atoms with van der Waals surface area (Å²) < 4.78 is 10.7. The van der Waals surface area contributed by atoms with Crippen LogP contribution in [0.2, 0.25) is 0 Å². The summed E-state index contributed by atoms with van der Waals surface area (Å²) in [4.78, 5) is 17.6. The quantitative estimate of drug-likeness (QED) is 0.840. The number of hydrogen-bond acceptors (Lipinski definition) is 6. The third-order valence-electron chi connectivity index (χ3n) is 3.62. The zero-order chi connectivity index (χ0) is 14.8. The van der Waals surface area contributed by atoms with Gasteiger partial charge >= 0.3 is 0 Å². The van der Waals surface area contributed by atoms with Gasteiger partial charge in [0.25, 0.3) is 0 Å². The molecule has 1 fully saturated rings. The van der Waals surface area contributed by atoms with Gasteiger partial charge < -0.3 is 9.47 Å². The minimum absolute atomic E-state index is 0.456. The molecule has 1 saturated carbocycles. The van der Waals surface area contributed by atoms with Gasteiger partial charge in [0, 0.05) is 17.7 Å². The summed E-state index contributed by atoms with van der Waals surface area (Å²) in [7, 11) is 3.21. The monoisotopic (exact) mass is 286 g/mol. The second kappa shape index (κ2) is 5.63. The molecule has 110 valence electrons. The molecule has 0 aromatic carbocycles. The van der Waals surface area contributed by atoms with Crippen LogP contribution in [0.1, 0.15) is 36.9 Å². The molecule has 0 radical (unpaired) electrons. The van der Waals surface area contributed by atoms with Crippen LogP contribution in [0.4, 0.5) is 0 Å². The summed E-state index contributed by atoms with van der Waals surface area (Å²) in [5.41, 5.74) is 2.72.